The Morgan fingerprint density at radius 3 is 2.52 bits per heavy atom. The van der Waals surface area contributed by atoms with Crippen LogP contribution in [0.15, 0.2) is 40.9 Å². The van der Waals surface area contributed by atoms with Crippen molar-refractivity contribution in [3.05, 3.63) is 52.0 Å². The van der Waals surface area contributed by atoms with Crippen LogP contribution in [0.25, 0.3) is 0 Å². The number of carbonyl (C=O) groups is 1. The van der Waals surface area contributed by atoms with Gasteiger partial charge in [-0.25, -0.2) is 0 Å². The number of anilines is 2. The largest absolute Gasteiger partial charge is 0.497 e. The van der Waals surface area contributed by atoms with Gasteiger partial charge in [0.1, 0.15) is 5.75 Å². The molecule has 27 heavy (non-hydrogen) atoms. The maximum Gasteiger partial charge on any atom is 0.256 e. The summed E-state index contributed by atoms with van der Waals surface area (Å²) in [6.45, 7) is 9.61. The summed E-state index contributed by atoms with van der Waals surface area (Å²) in [6.07, 6.45) is 0. The number of nitrogens with zero attached hydrogens (tertiary/aromatic N) is 2. The summed E-state index contributed by atoms with van der Waals surface area (Å²) in [5.41, 5.74) is 3.64. The number of nitrogens with one attached hydrogen (secondary N) is 1. The minimum absolute atomic E-state index is 0.159. The first-order valence-corrected chi connectivity index (χ1v) is 10.0. The first-order valence-electron chi connectivity index (χ1n) is 9.24. The molecule has 144 valence electrons. The predicted octanol–water partition coefficient (Wildman–Crippen LogP) is 4.16. The lowest BCUT2D eigenvalue weighted by atomic mass is 10.1. The van der Waals surface area contributed by atoms with Gasteiger partial charge in [0.2, 0.25) is 0 Å². The molecule has 0 aromatic heterocycles. The third-order valence-corrected chi connectivity index (χ3v) is 5.75. The van der Waals surface area contributed by atoms with Crippen molar-refractivity contribution in [2.24, 2.45) is 0 Å². The van der Waals surface area contributed by atoms with E-state index in [1.165, 1.54) is 5.69 Å². The Balaban J connectivity index is 1.72. The molecule has 1 saturated heterocycles. The third kappa shape index (κ3) is 4.62. The number of hydrogen-bond acceptors (Lipinski definition) is 4. The van der Waals surface area contributed by atoms with Gasteiger partial charge in [-0.15, -0.1) is 0 Å². The number of hydrogen-bond donors (Lipinski definition) is 1. The van der Waals surface area contributed by atoms with E-state index in [9.17, 15) is 4.79 Å². The number of methoxy groups -OCH3 is 1. The fourth-order valence-electron chi connectivity index (χ4n) is 3.30. The van der Waals surface area contributed by atoms with Gasteiger partial charge in [0.25, 0.3) is 5.91 Å². The van der Waals surface area contributed by atoms with Crippen molar-refractivity contribution >= 4 is 33.2 Å². The molecule has 1 amide bonds. The van der Waals surface area contributed by atoms with Crippen LogP contribution in [0.4, 0.5) is 11.4 Å². The van der Waals surface area contributed by atoms with E-state index in [1.807, 2.05) is 25.1 Å². The lowest BCUT2D eigenvalue weighted by Gasteiger charge is -2.35. The molecular weight excluding hydrogens is 406 g/mol. The topological polar surface area (TPSA) is 44.8 Å². The number of aryl methyl sites for hydroxylation is 1. The number of rotatable bonds is 5. The average Bonchev–Trinajstić information content (AvgIpc) is 2.70. The van der Waals surface area contributed by atoms with E-state index in [1.54, 1.807) is 13.2 Å². The summed E-state index contributed by atoms with van der Waals surface area (Å²) in [7, 11) is 1.59. The van der Waals surface area contributed by atoms with Crippen molar-refractivity contribution in [1.29, 1.82) is 0 Å². The number of likely N-dealkylation sites (N-methyl/N-ethyl adjacent to an activating group) is 1. The van der Waals surface area contributed by atoms with Crippen molar-refractivity contribution in [3.63, 3.8) is 0 Å². The van der Waals surface area contributed by atoms with Crippen LogP contribution in [-0.2, 0) is 0 Å². The van der Waals surface area contributed by atoms with Gasteiger partial charge in [-0.1, -0.05) is 6.92 Å². The van der Waals surface area contributed by atoms with Crippen molar-refractivity contribution in [2.75, 3.05) is 50.1 Å². The molecule has 2 aromatic carbocycles. The van der Waals surface area contributed by atoms with Gasteiger partial charge in [-0.05, 0) is 71.4 Å². The summed E-state index contributed by atoms with van der Waals surface area (Å²) in [5.74, 6) is 0.495. The number of amides is 1. The molecule has 1 aliphatic heterocycles. The van der Waals surface area contributed by atoms with Crippen molar-refractivity contribution < 1.29 is 9.53 Å². The van der Waals surface area contributed by atoms with Gasteiger partial charge in [0.05, 0.1) is 12.7 Å². The van der Waals surface area contributed by atoms with Gasteiger partial charge in [-0.2, -0.15) is 0 Å². The molecule has 0 atom stereocenters. The van der Waals surface area contributed by atoms with Crippen LogP contribution < -0.4 is 15.0 Å². The Morgan fingerprint density at radius 1 is 1.15 bits per heavy atom. The van der Waals surface area contributed by atoms with E-state index in [0.717, 1.165) is 48.4 Å². The molecule has 0 radical (unpaired) electrons. The SMILES string of the molecule is CCN1CCN(c2ccc(NC(=O)c3cc(OC)ccc3Br)c(C)c2)CC1. The van der Waals surface area contributed by atoms with Crippen LogP contribution in [0.3, 0.4) is 0 Å². The molecule has 0 unspecified atom stereocenters. The standard InChI is InChI=1S/C21H26BrN3O2/c1-4-24-9-11-25(12-10-24)16-5-8-20(15(2)13-16)23-21(26)18-14-17(27-3)6-7-19(18)22/h5-8,13-14H,4,9-12H2,1-3H3,(H,23,26). The van der Waals surface area contributed by atoms with Gasteiger partial charge in [-0.3, -0.25) is 4.79 Å². The highest BCUT2D eigenvalue weighted by Crippen LogP contribution is 2.27. The fourth-order valence-corrected chi connectivity index (χ4v) is 3.73. The third-order valence-electron chi connectivity index (χ3n) is 5.06. The van der Waals surface area contributed by atoms with Crippen molar-refractivity contribution in [1.82, 2.24) is 4.90 Å². The zero-order valence-electron chi connectivity index (χ0n) is 16.1. The molecule has 5 nitrogen and oxygen atoms in total. The number of halogens is 1. The van der Waals surface area contributed by atoms with E-state index in [4.69, 9.17) is 4.74 Å². The lowest BCUT2D eigenvalue weighted by molar-refractivity contribution is 0.102. The first-order chi connectivity index (χ1) is 13.0. The molecule has 0 saturated carbocycles. The molecule has 1 N–H and O–H groups in total. The molecule has 0 aliphatic carbocycles. The first kappa shape index (κ1) is 19.7. The van der Waals surface area contributed by atoms with E-state index >= 15 is 0 Å². The van der Waals surface area contributed by atoms with Gasteiger partial charge >= 0.3 is 0 Å². The molecule has 1 heterocycles. The van der Waals surface area contributed by atoms with Crippen LogP contribution in [0.1, 0.15) is 22.8 Å². The molecule has 1 fully saturated rings. The number of piperazine rings is 1. The Bertz CT molecular complexity index is 817. The second-order valence-electron chi connectivity index (χ2n) is 6.72. The van der Waals surface area contributed by atoms with E-state index in [-0.39, 0.29) is 5.91 Å². The molecular formula is C21H26BrN3O2. The molecule has 6 heteroatoms. The van der Waals surface area contributed by atoms with Gasteiger partial charge in [0.15, 0.2) is 0 Å². The normalized spacial score (nSPS) is 14.9. The Kier molecular flexibility index (Phi) is 6.39. The molecule has 3 rings (SSSR count). The van der Waals surface area contributed by atoms with Crippen LogP contribution in [0.2, 0.25) is 0 Å². The zero-order valence-corrected chi connectivity index (χ0v) is 17.7. The highest BCUT2D eigenvalue weighted by atomic mass is 79.9. The summed E-state index contributed by atoms with van der Waals surface area (Å²) in [5, 5.41) is 3.01. The fraction of sp³-hybridized carbons (Fsp3) is 0.381. The highest BCUT2D eigenvalue weighted by molar-refractivity contribution is 9.10. The maximum atomic E-state index is 12.7. The van der Waals surface area contributed by atoms with Crippen molar-refractivity contribution in [2.45, 2.75) is 13.8 Å². The monoisotopic (exact) mass is 431 g/mol. The van der Waals surface area contributed by atoms with Crippen LogP contribution in [0, 0.1) is 6.92 Å². The van der Waals surface area contributed by atoms with E-state index in [0.29, 0.717) is 11.3 Å². The molecule has 0 spiro atoms. The summed E-state index contributed by atoms with van der Waals surface area (Å²) >= 11 is 3.44. The molecule has 1 aliphatic rings. The lowest BCUT2D eigenvalue weighted by Crippen LogP contribution is -2.46. The molecule has 0 bridgehead atoms. The average molecular weight is 432 g/mol. The minimum atomic E-state index is -0.159. The number of carbonyl (C=O) groups excluding carboxylic acids is 1. The summed E-state index contributed by atoms with van der Waals surface area (Å²) in [6, 6.07) is 11.6. The highest BCUT2D eigenvalue weighted by Gasteiger charge is 2.17. The summed E-state index contributed by atoms with van der Waals surface area (Å²) < 4.78 is 5.96. The second kappa shape index (κ2) is 8.76. The van der Waals surface area contributed by atoms with Crippen LogP contribution in [0.5, 0.6) is 5.75 Å². The summed E-state index contributed by atoms with van der Waals surface area (Å²) in [4.78, 5) is 17.6. The van der Waals surface area contributed by atoms with E-state index in [2.05, 4.69) is 50.1 Å². The van der Waals surface area contributed by atoms with Crippen molar-refractivity contribution in [3.8, 4) is 5.75 Å². The Labute approximate surface area is 169 Å². The zero-order chi connectivity index (χ0) is 19.4. The predicted molar refractivity (Wildman–Crippen MR) is 114 cm³/mol. The Morgan fingerprint density at radius 2 is 1.89 bits per heavy atom. The molecule has 2 aromatic rings. The number of benzene rings is 2. The minimum Gasteiger partial charge on any atom is -0.497 e. The smallest absolute Gasteiger partial charge is 0.256 e. The second-order valence-corrected chi connectivity index (χ2v) is 7.57. The van der Waals surface area contributed by atoms with Crippen LogP contribution in [-0.4, -0.2) is 50.6 Å². The quantitative estimate of drug-likeness (QED) is 0.771. The Hall–Kier alpha value is -2.05. The maximum absolute atomic E-state index is 12.7. The van der Waals surface area contributed by atoms with Gasteiger partial charge < -0.3 is 19.9 Å². The van der Waals surface area contributed by atoms with E-state index < -0.39 is 0 Å². The van der Waals surface area contributed by atoms with Crippen LogP contribution >= 0.6 is 15.9 Å². The van der Waals surface area contributed by atoms with Gasteiger partial charge in [0, 0.05) is 42.0 Å². The number of ether oxygens (including phenoxy) is 1.